The zero-order chi connectivity index (χ0) is 17.5. The Morgan fingerprint density at radius 2 is 2.17 bits per heavy atom. The normalized spacial score (nSPS) is 22.5. The molecule has 2 fully saturated rings. The lowest BCUT2D eigenvalue weighted by atomic mass is 9.82. The summed E-state index contributed by atoms with van der Waals surface area (Å²) in [5.41, 5.74) is -0.295. The van der Waals surface area contributed by atoms with Gasteiger partial charge in [0.25, 0.3) is 11.5 Å². The first-order chi connectivity index (χ1) is 11.3. The van der Waals surface area contributed by atoms with Crippen molar-refractivity contribution in [3.05, 3.63) is 27.9 Å². The maximum Gasteiger partial charge on any atom is 0.272 e. The van der Waals surface area contributed by atoms with Gasteiger partial charge in [0.1, 0.15) is 17.6 Å². The largest absolute Gasteiger partial charge is 0.367 e. The van der Waals surface area contributed by atoms with Gasteiger partial charge in [-0.25, -0.2) is 4.98 Å². The van der Waals surface area contributed by atoms with Crippen molar-refractivity contribution in [3.8, 4) is 0 Å². The molecule has 1 aromatic rings. The van der Waals surface area contributed by atoms with Crippen LogP contribution in [0.5, 0.6) is 0 Å². The Balaban J connectivity index is 1.46. The van der Waals surface area contributed by atoms with E-state index in [9.17, 15) is 14.4 Å². The lowest BCUT2D eigenvalue weighted by Gasteiger charge is -2.43. The van der Waals surface area contributed by atoms with Crippen LogP contribution in [-0.2, 0) is 9.53 Å². The molecule has 8 nitrogen and oxygen atoms in total. The van der Waals surface area contributed by atoms with Gasteiger partial charge in [-0.05, 0) is 6.92 Å². The smallest absolute Gasteiger partial charge is 0.272 e. The summed E-state index contributed by atoms with van der Waals surface area (Å²) in [6.45, 7) is 7.83. The van der Waals surface area contributed by atoms with Crippen molar-refractivity contribution >= 4 is 11.8 Å². The highest BCUT2D eigenvalue weighted by atomic mass is 16.5. The van der Waals surface area contributed by atoms with Crippen molar-refractivity contribution in [3.63, 3.8) is 0 Å². The zero-order valence-electron chi connectivity index (χ0n) is 14.1. The zero-order valence-corrected chi connectivity index (χ0v) is 14.1. The molecule has 1 atom stereocenters. The van der Waals surface area contributed by atoms with Crippen LogP contribution >= 0.6 is 0 Å². The van der Waals surface area contributed by atoms with Gasteiger partial charge in [-0.3, -0.25) is 14.4 Å². The van der Waals surface area contributed by atoms with Crippen LogP contribution in [0, 0.1) is 18.3 Å². The van der Waals surface area contributed by atoms with Gasteiger partial charge in [0.05, 0.1) is 6.61 Å². The minimum absolute atomic E-state index is 0.0945. The number of amides is 2. The van der Waals surface area contributed by atoms with Crippen molar-refractivity contribution in [1.29, 1.82) is 0 Å². The average Bonchev–Trinajstić information content (AvgIpc) is 2.43. The standard InChI is InChI=1S/C16H22N4O4/c1-9-18-11(4-12(21)19-9)15(23)20-6-10(7-20)5-17-14(22)13-16(2,3)8-24-13/h4,10,13H,5-8H2,1-3H3,(H,17,22)(H,18,19,21). The number of carbonyl (C=O) groups is 2. The SMILES string of the molecule is Cc1nc(C(=O)N2CC(CNC(=O)C3OCC3(C)C)C2)cc(=O)[nH]1. The number of aromatic nitrogens is 2. The number of carbonyl (C=O) groups excluding carboxylic acids is 2. The molecule has 8 heteroatoms. The summed E-state index contributed by atoms with van der Waals surface area (Å²) in [6, 6.07) is 1.21. The summed E-state index contributed by atoms with van der Waals surface area (Å²) >= 11 is 0. The van der Waals surface area contributed by atoms with Crippen LogP contribution in [0.25, 0.3) is 0 Å². The third kappa shape index (κ3) is 3.19. The first-order valence-corrected chi connectivity index (χ1v) is 8.03. The second-order valence-electron chi connectivity index (χ2n) is 7.22. The molecule has 0 aliphatic carbocycles. The predicted octanol–water partition coefficient (Wildman–Crippen LogP) is -0.308. The topological polar surface area (TPSA) is 104 Å². The molecule has 0 bridgehead atoms. The van der Waals surface area contributed by atoms with E-state index in [0.717, 1.165) is 0 Å². The molecule has 24 heavy (non-hydrogen) atoms. The molecule has 130 valence electrons. The maximum atomic E-state index is 12.3. The number of ether oxygens (including phenoxy) is 1. The maximum absolute atomic E-state index is 12.3. The summed E-state index contributed by atoms with van der Waals surface area (Å²) in [6.07, 6.45) is -0.390. The Bertz CT molecular complexity index is 721. The highest BCUT2D eigenvalue weighted by Gasteiger charge is 2.45. The van der Waals surface area contributed by atoms with E-state index in [-0.39, 0.29) is 34.4 Å². The Morgan fingerprint density at radius 1 is 1.46 bits per heavy atom. The van der Waals surface area contributed by atoms with Crippen molar-refractivity contribution in [2.45, 2.75) is 26.9 Å². The minimum atomic E-state index is -0.390. The first kappa shape index (κ1) is 16.6. The van der Waals surface area contributed by atoms with E-state index >= 15 is 0 Å². The van der Waals surface area contributed by atoms with Gasteiger partial charge < -0.3 is 19.9 Å². The van der Waals surface area contributed by atoms with Crippen molar-refractivity contribution < 1.29 is 14.3 Å². The second kappa shape index (κ2) is 6.01. The molecule has 1 aromatic heterocycles. The van der Waals surface area contributed by atoms with Gasteiger partial charge in [-0.2, -0.15) is 0 Å². The number of nitrogens with zero attached hydrogens (tertiary/aromatic N) is 2. The van der Waals surface area contributed by atoms with Gasteiger partial charge in [-0.15, -0.1) is 0 Å². The van der Waals surface area contributed by atoms with Crippen LogP contribution < -0.4 is 10.9 Å². The molecule has 2 aliphatic heterocycles. The Morgan fingerprint density at radius 3 is 2.71 bits per heavy atom. The molecule has 2 aliphatic rings. The van der Waals surface area contributed by atoms with E-state index in [1.165, 1.54) is 6.07 Å². The van der Waals surface area contributed by atoms with E-state index in [2.05, 4.69) is 15.3 Å². The number of aryl methyl sites for hydroxylation is 1. The van der Waals surface area contributed by atoms with Crippen molar-refractivity contribution in [2.75, 3.05) is 26.2 Å². The average molecular weight is 334 g/mol. The van der Waals surface area contributed by atoms with E-state index in [4.69, 9.17) is 4.74 Å². The van der Waals surface area contributed by atoms with Gasteiger partial charge in [0.15, 0.2) is 0 Å². The lowest BCUT2D eigenvalue weighted by molar-refractivity contribution is -0.183. The fraction of sp³-hybridized carbons (Fsp3) is 0.625. The van der Waals surface area contributed by atoms with Crippen molar-refractivity contribution in [1.82, 2.24) is 20.2 Å². The van der Waals surface area contributed by atoms with Gasteiger partial charge >= 0.3 is 0 Å². The molecule has 0 spiro atoms. The number of hydrogen-bond acceptors (Lipinski definition) is 5. The molecule has 2 saturated heterocycles. The fourth-order valence-corrected chi connectivity index (χ4v) is 2.98. The predicted molar refractivity (Wildman–Crippen MR) is 85.5 cm³/mol. The number of rotatable bonds is 4. The first-order valence-electron chi connectivity index (χ1n) is 8.03. The molecule has 0 saturated carbocycles. The summed E-state index contributed by atoms with van der Waals surface area (Å²) < 4.78 is 5.31. The second-order valence-corrected chi connectivity index (χ2v) is 7.22. The van der Waals surface area contributed by atoms with Gasteiger partial charge in [0, 0.05) is 37.0 Å². The monoisotopic (exact) mass is 334 g/mol. The molecular formula is C16H22N4O4. The molecule has 0 aromatic carbocycles. The molecule has 3 heterocycles. The lowest BCUT2D eigenvalue weighted by Crippen LogP contribution is -2.59. The number of likely N-dealkylation sites (tertiary alicyclic amines) is 1. The van der Waals surface area contributed by atoms with Gasteiger partial charge in [0.2, 0.25) is 5.91 Å². The van der Waals surface area contributed by atoms with Crippen LogP contribution in [0.2, 0.25) is 0 Å². The van der Waals surface area contributed by atoms with Crippen LogP contribution in [0.3, 0.4) is 0 Å². The van der Waals surface area contributed by atoms with E-state index in [1.807, 2.05) is 13.8 Å². The van der Waals surface area contributed by atoms with Crippen LogP contribution in [0.1, 0.15) is 30.2 Å². The third-order valence-corrected chi connectivity index (χ3v) is 4.46. The van der Waals surface area contributed by atoms with Crippen LogP contribution in [-0.4, -0.2) is 59.0 Å². The number of aromatic amines is 1. The summed E-state index contributed by atoms with van der Waals surface area (Å²) in [4.78, 5) is 43.9. The van der Waals surface area contributed by atoms with Crippen LogP contribution in [0.4, 0.5) is 0 Å². The molecule has 0 radical (unpaired) electrons. The van der Waals surface area contributed by atoms with Crippen LogP contribution in [0.15, 0.2) is 10.9 Å². The molecule has 2 N–H and O–H groups in total. The minimum Gasteiger partial charge on any atom is -0.367 e. The number of H-pyrrole nitrogens is 1. The van der Waals surface area contributed by atoms with Crippen molar-refractivity contribution in [2.24, 2.45) is 11.3 Å². The molecular weight excluding hydrogens is 312 g/mol. The number of hydrogen-bond donors (Lipinski definition) is 2. The van der Waals surface area contributed by atoms with E-state index < -0.39 is 6.10 Å². The van der Waals surface area contributed by atoms with E-state index in [1.54, 1.807) is 11.8 Å². The summed E-state index contributed by atoms with van der Waals surface area (Å²) in [7, 11) is 0. The quantitative estimate of drug-likeness (QED) is 0.786. The highest BCUT2D eigenvalue weighted by Crippen LogP contribution is 2.33. The summed E-state index contributed by atoms with van der Waals surface area (Å²) in [5, 5.41) is 2.89. The molecule has 1 unspecified atom stereocenters. The third-order valence-electron chi connectivity index (χ3n) is 4.46. The number of nitrogens with one attached hydrogen (secondary N) is 2. The Labute approximate surface area is 139 Å². The fourth-order valence-electron chi connectivity index (χ4n) is 2.98. The van der Waals surface area contributed by atoms with Gasteiger partial charge in [-0.1, -0.05) is 13.8 Å². The Hall–Kier alpha value is -2.22. The van der Waals surface area contributed by atoms with E-state index in [0.29, 0.717) is 32.1 Å². The Kier molecular flexibility index (Phi) is 4.16. The highest BCUT2D eigenvalue weighted by molar-refractivity contribution is 5.92. The summed E-state index contributed by atoms with van der Waals surface area (Å²) in [5.74, 6) is 0.278. The molecule has 2 amide bonds. The molecule has 3 rings (SSSR count).